The van der Waals surface area contributed by atoms with Crippen LogP contribution >= 0.6 is 0 Å². The molecular weight excluding hydrogens is 456 g/mol. The van der Waals surface area contributed by atoms with Gasteiger partial charge in [0.15, 0.2) is 11.5 Å². The number of rotatable bonds is 6. The number of carbonyl (C=O) groups excluding carboxylic acids is 1. The Morgan fingerprint density at radius 2 is 1.78 bits per heavy atom. The highest BCUT2D eigenvalue weighted by molar-refractivity contribution is 6.04. The molecule has 0 spiro atoms. The quantitative estimate of drug-likeness (QED) is 0.413. The Labute approximate surface area is 209 Å². The molecule has 1 aliphatic rings. The zero-order valence-electron chi connectivity index (χ0n) is 20.7. The van der Waals surface area contributed by atoms with Crippen molar-refractivity contribution in [2.45, 2.75) is 20.0 Å². The lowest BCUT2D eigenvalue weighted by atomic mass is 9.97. The minimum atomic E-state index is -0.192. The van der Waals surface area contributed by atoms with E-state index in [0.717, 1.165) is 28.8 Å². The summed E-state index contributed by atoms with van der Waals surface area (Å²) >= 11 is 0. The zero-order chi connectivity index (χ0) is 25.2. The third-order valence-electron chi connectivity index (χ3n) is 5.96. The highest BCUT2D eigenvalue weighted by Gasteiger charge is 2.22. The van der Waals surface area contributed by atoms with Crippen molar-refractivity contribution in [2.75, 3.05) is 32.6 Å². The van der Waals surface area contributed by atoms with Crippen molar-refractivity contribution in [3.05, 3.63) is 77.7 Å². The largest absolute Gasteiger partial charge is 0.486 e. The molecule has 0 saturated heterocycles. The minimum absolute atomic E-state index is 0.0557. The van der Waals surface area contributed by atoms with Crippen molar-refractivity contribution in [1.29, 1.82) is 0 Å². The molecular formula is C28H28N4O4. The number of amides is 1. The lowest BCUT2D eigenvalue weighted by molar-refractivity contribution is 0.0711. The second kappa shape index (κ2) is 9.83. The molecule has 8 heteroatoms. The number of nitrogens with zero attached hydrogens (tertiary/aromatic N) is 3. The molecule has 4 aromatic rings. The van der Waals surface area contributed by atoms with Gasteiger partial charge in [0.25, 0.3) is 5.91 Å². The topological polar surface area (TPSA) is 89.7 Å². The number of aromatic nitrogens is 2. The normalized spacial score (nSPS) is 14.6. The van der Waals surface area contributed by atoms with Crippen LogP contribution in [0.1, 0.15) is 21.8 Å². The Balaban J connectivity index is 1.28. The van der Waals surface area contributed by atoms with Gasteiger partial charge in [-0.3, -0.25) is 4.79 Å². The summed E-state index contributed by atoms with van der Waals surface area (Å²) in [5.74, 6) is 2.23. The molecule has 1 aromatic heterocycles. The number of nitrogens with one attached hydrogen (secondary N) is 1. The second-order valence-corrected chi connectivity index (χ2v) is 9.17. The fourth-order valence-corrected chi connectivity index (χ4v) is 4.24. The number of ether oxygens (including phenoxy) is 2. The minimum Gasteiger partial charge on any atom is -0.486 e. The molecule has 0 bridgehead atoms. The van der Waals surface area contributed by atoms with Gasteiger partial charge in [-0.05, 0) is 68.0 Å². The molecule has 1 atom stereocenters. The van der Waals surface area contributed by atoms with Crippen LogP contribution in [-0.4, -0.2) is 54.3 Å². The first-order chi connectivity index (χ1) is 17.4. The van der Waals surface area contributed by atoms with E-state index in [-0.39, 0.29) is 12.0 Å². The summed E-state index contributed by atoms with van der Waals surface area (Å²) < 4.78 is 16.9. The van der Waals surface area contributed by atoms with Crippen molar-refractivity contribution >= 4 is 11.6 Å². The number of benzene rings is 3. The lowest BCUT2D eigenvalue weighted by Crippen LogP contribution is -2.38. The predicted octanol–water partition coefficient (Wildman–Crippen LogP) is 4.97. The van der Waals surface area contributed by atoms with Gasteiger partial charge in [-0.25, -0.2) is 0 Å². The lowest BCUT2D eigenvalue weighted by Gasteiger charge is -2.28. The summed E-state index contributed by atoms with van der Waals surface area (Å²) in [6.45, 7) is 5.06. The van der Waals surface area contributed by atoms with Gasteiger partial charge in [-0.15, -0.1) is 0 Å². The van der Waals surface area contributed by atoms with Gasteiger partial charge in [0.2, 0.25) is 11.7 Å². The molecule has 1 unspecified atom stereocenters. The van der Waals surface area contributed by atoms with Crippen LogP contribution in [0.4, 0.5) is 5.69 Å². The average molecular weight is 485 g/mol. The van der Waals surface area contributed by atoms with Crippen molar-refractivity contribution < 1.29 is 18.8 Å². The van der Waals surface area contributed by atoms with Gasteiger partial charge in [0, 0.05) is 36.3 Å². The monoisotopic (exact) mass is 484 g/mol. The first-order valence-electron chi connectivity index (χ1n) is 11.8. The van der Waals surface area contributed by atoms with Gasteiger partial charge < -0.3 is 24.2 Å². The summed E-state index contributed by atoms with van der Waals surface area (Å²) in [7, 11) is 3.99. The van der Waals surface area contributed by atoms with Crippen LogP contribution < -0.4 is 14.8 Å². The summed E-state index contributed by atoms with van der Waals surface area (Å²) in [4.78, 5) is 19.2. The van der Waals surface area contributed by atoms with Crippen LogP contribution in [0.25, 0.3) is 22.5 Å². The summed E-state index contributed by atoms with van der Waals surface area (Å²) in [5, 5.41) is 6.94. The summed E-state index contributed by atoms with van der Waals surface area (Å²) in [5.41, 5.74) is 5.29. The third kappa shape index (κ3) is 5.08. The Kier molecular flexibility index (Phi) is 6.43. The Bertz CT molecular complexity index is 1400. The third-order valence-corrected chi connectivity index (χ3v) is 5.96. The molecule has 1 aliphatic heterocycles. The highest BCUT2D eigenvalue weighted by Crippen LogP contribution is 2.34. The molecule has 5 rings (SSSR count). The molecule has 1 N–H and O–H groups in total. The number of fused-ring (bicyclic) bond motifs is 1. The standard InChI is InChI=1S/C28H28N4O4/c1-17-13-21(27-29-18(2)36-31-27)9-11-24(17)19-5-7-20(8-6-19)28(33)30-22-10-12-25-26(14-22)35-23(16-34-25)15-32(3)4/h5-14,23H,15-16H2,1-4H3,(H,30,33). The first kappa shape index (κ1) is 23.6. The number of hydrogen-bond donors (Lipinski definition) is 1. The summed E-state index contributed by atoms with van der Waals surface area (Å²) in [6.07, 6.45) is -0.0557. The SMILES string of the molecule is Cc1nc(-c2ccc(-c3ccc(C(=O)Nc4ccc5c(c4)OC(CN(C)C)CO5)cc3)c(C)c2)no1. The van der Waals surface area contributed by atoms with Crippen LogP contribution in [0.5, 0.6) is 11.5 Å². The number of anilines is 1. The van der Waals surface area contributed by atoms with Crippen LogP contribution in [0.15, 0.2) is 65.2 Å². The number of aryl methyl sites for hydroxylation is 2. The van der Waals surface area contributed by atoms with Gasteiger partial charge in [0.05, 0.1) is 0 Å². The molecule has 2 heterocycles. The molecule has 0 aliphatic carbocycles. The van der Waals surface area contributed by atoms with Crippen LogP contribution in [0, 0.1) is 13.8 Å². The van der Waals surface area contributed by atoms with Crippen molar-refractivity contribution in [2.24, 2.45) is 0 Å². The molecule has 0 saturated carbocycles. The molecule has 36 heavy (non-hydrogen) atoms. The fraction of sp³-hybridized carbons (Fsp3) is 0.250. The van der Waals surface area contributed by atoms with E-state index < -0.39 is 0 Å². The first-order valence-corrected chi connectivity index (χ1v) is 11.8. The van der Waals surface area contributed by atoms with E-state index in [1.165, 1.54) is 0 Å². The molecule has 184 valence electrons. The van der Waals surface area contributed by atoms with Gasteiger partial charge in [-0.1, -0.05) is 29.4 Å². The van der Waals surface area contributed by atoms with Gasteiger partial charge in [-0.2, -0.15) is 4.98 Å². The smallest absolute Gasteiger partial charge is 0.255 e. The molecule has 0 radical (unpaired) electrons. The van der Waals surface area contributed by atoms with E-state index in [4.69, 9.17) is 14.0 Å². The Morgan fingerprint density at radius 1 is 1.00 bits per heavy atom. The van der Waals surface area contributed by atoms with E-state index in [0.29, 0.717) is 41.1 Å². The van der Waals surface area contributed by atoms with E-state index >= 15 is 0 Å². The zero-order valence-corrected chi connectivity index (χ0v) is 20.7. The molecule has 8 nitrogen and oxygen atoms in total. The number of hydrogen-bond acceptors (Lipinski definition) is 7. The highest BCUT2D eigenvalue weighted by atomic mass is 16.6. The maximum atomic E-state index is 12.9. The number of likely N-dealkylation sites (N-methyl/N-ethyl adjacent to an activating group) is 1. The van der Waals surface area contributed by atoms with Crippen molar-refractivity contribution in [3.63, 3.8) is 0 Å². The fourth-order valence-electron chi connectivity index (χ4n) is 4.24. The number of carbonyl (C=O) groups is 1. The van der Waals surface area contributed by atoms with E-state index in [2.05, 4.69) is 20.4 Å². The van der Waals surface area contributed by atoms with E-state index in [1.54, 1.807) is 13.0 Å². The van der Waals surface area contributed by atoms with Gasteiger partial charge >= 0.3 is 0 Å². The van der Waals surface area contributed by atoms with Crippen LogP contribution in [-0.2, 0) is 0 Å². The Hall–Kier alpha value is -4.17. The molecule has 3 aromatic carbocycles. The van der Waals surface area contributed by atoms with E-state index in [1.807, 2.05) is 75.6 Å². The maximum Gasteiger partial charge on any atom is 0.255 e. The maximum absolute atomic E-state index is 12.9. The van der Waals surface area contributed by atoms with E-state index in [9.17, 15) is 4.79 Å². The van der Waals surface area contributed by atoms with Crippen LogP contribution in [0.2, 0.25) is 0 Å². The second-order valence-electron chi connectivity index (χ2n) is 9.17. The van der Waals surface area contributed by atoms with Gasteiger partial charge in [0.1, 0.15) is 12.7 Å². The molecule has 0 fully saturated rings. The average Bonchev–Trinajstić information content (AvgIpc) is 3.30. The van der Waals surface area contributed by atoms with Crippen molar-refractivity contribution in [1.82, 2.24) is 15.0 Å². The Morgan fingerprint density at radius 3 is 2.47 bits per heavy atom. The van der Waals surface area contributed by atoms with Crippen molar-refractivity contribution in [3.8, 4) is 34.0 Å². The molecule has 1 amide bonds. The van der Waals surface area contributed by atoms with Crippen LogP contribution in [0.3, 0.4) is 0 Å². The predicted molar refractivity (Wildman–Crippen MR) is 138 cm³/mol. The summed E-state index contributed by atoms with van der Waals surface area (Å²) in [6, 6.07) is 19.0.